The van der Waals surface area contributed by atoms with Crippen LogP contribution >= 0.6 is 12.2 Å². The molecule has 0 bridgehead atoms. The van der Waals surface area contributed by atoms with Gasteiger partial charge in [-0.3, -0.25) is 0 Å². The molecule has 0 aromatic heterocycles. The first-order valence-corrected chi connectivity index (χ1v) is 6.20. The van der Waals surface area contributed by atoms with E-state index in [0.717, 1.165) is 30.7 Å². The van der Waals surface area contributed by atoms with Gasteiger partial charge in [-0.1, -0.05) is 13.3 Å². The van der Waals surface area contributed by atoms with Gasteiger partial charge in [0.25, 0.3) is 0 Å². The number of ether oxygens (including phenoxy) is 1. The molecule has 0 aromatic rings. The average Bonchev–Trinajstić information content (AvgIpc) is 2.67. The van der Waals surface area contributed by atoms with E-state index in [4.69, 9.17) is 17.0 Å². The SMILES string of the molecule is CCCC1CCN(C(=S)NCCOC)C1. The molecule has 3 nitrogen and oxygen atoms in total. The van der Waals surface area contributed by atoms with E-state index in [9.17, 15) is 0 Å². The second kappa shape index (κ2) is 7.01. The van der Waals surface area contributed by atoms with Gasteiger partial charge in [-0.05, 0) is 31.0 Å². The Labute approximate surface area is 98.2 Å². The van der Waals surface area contributed by atoms with E-state index in [1.54, 1.807) is 7.11 Å². The molecule has 0 aromatic carbocycles. The fourth-order valence-corrected chi connectivity index (χ4v) is 2.30. The fourth-order valence-electron chi connectivity index (χ4n) is 2.03. The second-order valence-electron chi connectivity index (χ2n) is 4.11. The van der Waals surface area contributed by atoms with Crippen molar-refractivity contribution in [1.82, 2.24) is 10.2 Å². The number of rotatable bonds is 5. The van der Waals surface area contributed by atoms with Gasteiger partial charge in [-0.2, -0.15) is 0 Å². The van der Waals surface area contributed by atoms with E-state index in [2.05, 4.69) is 17.1 Å². The van der Waals surface area contributed by atoms with Crippen molar-refractivity contribution in [3.05, 3.63) is 0 Å². The Balaban J connectivity index is 2.18. The topological polar surface area (TPSA) is 24.5 Å². The standard InChI is InChI=1S/C11H22N2OS/c1-3-4-10-5-7-13(9-10)11(15)12-6-8-14-2/h10H,3-9H2,1-2H3,(H,12,15). The summed E-state index contributed by atoms with van der Waals surface area (Å²) in [6.45, 7) is 6.02. The molecule has 1 saturated heterocycles. The third kappa shape index (κ3) is 4.34. The van der Waals surface area contributed by atoms with Gasteiger partial charge in [-0.15, -0.1) is 0 Å². The molecule has 0 amide bonds. The lowest BCUT2D eigenvalue weighted by Gasteiger charge is -2.20. The van der Waals surface area contributed by atoms with Crippen LogP contribution in [0.25, 0.3) is 0 Å². The predicted molar refractivity (Wildman–Crippen MR) is 67.1 cm³/mol. The minimum absolute atomic E-state index is 0.715. The lowest BCUT2D eigenvalue weighted by Crippen LogP contribution is -2.39. The molecule has 0 aliphatic carbocycles. The molecule has 1 fully saturated rings. The Hall–Kier alpha value is -0.350. The molecular formula is C11H22N2OS. The largest absolute Gasteiger partial charge is 0.383 e. The minimum atomic E-state index is 0.715. The quantitative estimate of drug-likeness (QED) is 0.573. The predicted octanol–water partition coefficient (Wildman–Crippen LogP) is 1.63. The molecule has 1 aliphatic rings. The number of thiocarbonyl (C=S) groups is 1. The molecular weight excluding hydrogens is 208 g/mol. The molecule has 1 N–H and O–H groups in total. The lowest BCUT2D eigenvalue weighted by atomic mass is 10.0. The highest BCUT2D eigenvalue weighted by atomic mass is 32.1. The first-order valence-electron chi connectivity index (χ1n) is 5.79. The van der Waals surface area contributed by atoms with Gasteiger partial charge >= 0.3 is 0 Å². The molecule has 4 heteroatoms. The van der Waals surface area contributed by atoms with Crippen molar-refractivity contribution in [3.8, 4) is 0 Å². The van der Waals surface area contributed by atoms with E-state index in [0.29, 0.717) is 6.61 Å². The minimum Gasteiger partial charge on any atom is -0.383 e. The van der Waals surface area contributed by atoms with Crippen LogP contribution < -0.4 is 5.32 Å². The van der Waals surface area contributed by atoms with Crippen molar-refractivity contribution in [3.63, 3.8) is 0 Å². The molecule has 0 spiro atoms. The second-order valence-corrected chi connectivity index (χ2v) is 4.50. The summed E-state index contributed by atoms with van der Waals surface area (Å²) < 4.78 is 4.97. The van der Waals surface area contributed by atoms with Gasteiger partial charge in [0.2, 0.25) is 0 Å². The zero-order valence-corrected chi connectivity index (χ0v) is 10.6. The molecule has 0 radical (unpaired) electrons. The molecule has 1 rings (SSSR count). The van der Waals surface area contributed by atoms with Crippen LogP contribution in [-0.2, 0) is 4.74 Å². The summed E-state index contributed by atoms with van der Waals surface area (Å²) in [7, 11) is 1.71. The van der Waals surface area contributed by atoms with Crippen LogP contribution in [-0.4, -0.2) is 43.4 Å². The average molecular weight is 230 g/mol. The van der Waals surface area contributed by atoms with Gasteiger partial charge in [0.05, 0.1) is 6.61 Å². The smallest absolute Gasteiger partial charge is 0.169 e. The number of methoxy groups -OCH3 is 1. The van der Waals surface area contributed by atoms with Crippen molar-refractivity contribution in [2.75, 3.05) is 33.4 Å². The third-order valence-electron chi connectivity index (χ3n) is 2.85. The fraction of sp³-hybridized carbons (Fsp3) is 0.909. The number of likely N-dealkylation sites (tertiary alicyclic amines) is 1. The number of hydrogen-bond acceptors (Lipinski definition) is 2. The van der Waals surface area contributed by atoms with E-state index in [1.807, 2.05) is 0 Å². The van der Waals surface area contributed by atoms with Crippen molar-refractivity contribution in [2.45, 2.75) is 26.2 Å². The Morgan fingerprint density at radius 3 is 3.07 bits per heavy atom. The van der Waals surface area contributed by atoms with Crippen LogP contribution in [0.4, 0.5) is 0 Å². The van der Waals surface area contributed by atoms with Gasteiger partial charge in [-0.25, -0.2) is 0 Å². The van der Waals surface area contributed by atoms with Gasteiger partial charge in [0, 0.05) is 26.7 Å². The summed E-state index contributed by atoms with van der Waals surface area (Å²) in [6.07, 6.45) is 3.90. The van der Waals surface area contributed by atoms with Crippen LogP contribution in [0.3, 0.4) is 0 Å². The monoisotopic (exact) mass is 230 g/mol. The van der Waals surface area contributed by atoms with E-state index < -0.39 is 0 Å². The maximum absolute atomic E-state index is 5.32. The molecule has 88 valence electrons. The maximum atomic E-state index is 5.32. The highest BCUT2D eigenvalue weighted by Crippen LogP contribution is 2.20. The Morgan fingerprint density at radius 2 is 2.40 bits per heavy atom. The van der Waals surface area contributed by atoms with Crippen LogP contribution in [0.15, 0.2) is 0 Å². The van der Waals surface area contributed by atoms with Crippen molar-refractivity contribution >= 4 is 17.3 Å². The molecule has 1 unspecified atom stereocenters. The van der Waals surface area contributed by atoms with Crippen LogP contribution in [0.1, 0.15) is 26.2 Å². The summed E-state index contributed by atoms with van der Waals surface area (Å²) >= 11 is 5.32. The van der Waals surface area contributed by atoms with E-state index >= 15 is 0 Å². The van der Waals surface area contributed by atoms with Crippen LogP contribution in [0.2, 0.25) is 0 Å². The summed E-state index contributed by atoms with van der Waals surface area (Å²) in [5.41, 5.74) is 0. The van der Waals surface area contributed by atoms with E-state index in [-0.39, 0.29) is 0 Å². The number of nitrogens with zero attached hydrogens (tertiary/aromatic N) is 1. The highest BCUT2D eigenvalue weighted by Gasteiger charge is 2.22. The Kier molecular flexibility index (Phi) is 5.95. The van der Waals surface area contributed by atoms with Crippen LogP contribution in [0.5, 0.6) is 0 Å². The highest BCUT2D eigenvalue weighted by molar-refractivity contribution is 7.80. The third-order valence-corrected chi connectivity index (χ3v) is 3.25. The summed E-state index contributed by atoms with van der Waals surface area (Å²) in [5.74, 6) is 0.845. The van der Waals surface area contributed by atoms with Crippen molar-refractivity contribution in [2.24, 2.45) is 5.92 Å². The van der Waals surface area contributed by atoms with E-state index in [1.165, 1.54) is 19.3 Å². The molecule has 1 heterocycles. The first-order chi connectivity index (χ1) is 7.27. The lowest BCUT2D eigenvalue weighted by molar-refractivity contribution is 0.203. The van der Waals surface area contributed by atoms with Crippen molar-refractivity contribution < 1.29 is 4.74 Å². The van der Waals surface area contributed by atoms with Crippen LogP contribution in [0, 0.1) is 5.92 Å². The number of hydrogen-bond donors (Lipinski definition) is 1. The van der Waals surface area contributed by atoms with Crippen molar-refractivity contribution in [1.29, 1.82) is 0 Å². The Bertz CT molecular complexity index is 199. The van der Waals surface area contributed by atoms with Gasteiger partial charge in [0.1, 0.15) is 0 Å². The summed E-state index contributed by atoms with van der Waals surface area (Å²) in [4.78, 5) is 2.28. The first kappa shape index (κ1) is 12.7. The summed E-state index contributed by atoms with van der Waals surface area (Å²) in [5, 5.41) is 4.11. The van der Waals surface area contributed by atoms with Gasteiger partial charge in [0.15, 0.2) is 5.11 Å². The zero-order chi connectivity index (χ0) is 11.1. The Morgan fingerprint density at radius 1 is 1.60 bits per heavy atom. The maximum Gasteiger partial charge on any atom is 0.169 e. The molecule has 0 saturated carbocycles. The zero-order valence-electron chi connectivity index (χ0n) is 9.79. The normalized spacial score (nSPS) is 20.7. The molecule has 15 heavy (non-hydrogen) atoms. The molecule has 1 aliphatic heterocycles. The summed E-state index contributed by atoms with van der Waals surface area (Å²) in [6, 6.07) is 0. The van der Waals surface area contributed by atoms with Gasteiger partial charge < -0.3 is 15.0 Å². The molecule has 1 atom stereocenters. The number of nitrogens with one attached hydrogen (secondary N) is 1.